The summed E-state index contributed by atoms with van der Waals surface area (Å²) in [7, 11) is -3.82. The van der Waals surface area contributed by atoms with E-state index in [-0.39, 0.29) is 28.8 Å². The number of piperidine rings is 1. The molecule has 120 valence electrons. The van der Waals surface area contributed by atoms with E-state index < -0.39 is 15.8 Å². The van der Waals surface area contributed by atoms with Gasteiger partial charge in [0.15, 0.2) is 0 Å². The summed E-state index contributed by atoms with van der Waals surface area (Å²) in [5, 5.41) is 0. The summed E-state index contributed by atoms with van der Waals surface area (Å²) >= 11 is 0. The van der Waals surface area contributed by atoms with Crippen LogP contribution in [-0.4, -0.2) is 31.9 Å². The monoisotopic (exact) mass is 336 g/mol. The topological polar surface area (TPSA) is 63.4 Å². The van der Waals surface area contributed by atoms with Gasteiger partial charge in [-0.2, -0.15) is 4.31 Å². The van der Waals surface area contributed by atoms with Crippen molar-refractivity contribution in [2.75, 3.05) is 13.1 Å². The van der Waals surface area contributed by atoms with Gasteiger partial charge in [0.25, 0.3) is 0 Å². The van der Waals surface area contributed by atoms with Crippen LogP contribution < -0.4 is 5.73 Å². The minimum atomic E-state index is -3.82. The van der Waals surface area contributed by atoms with Crippen LogP contribution in [0.2, 0.25) is 0 Å². The van der Waals surface area contributed by atoms with Gasteiger partial charge in [-0.25, -0.2) is 12.8 Å². The van der Waals surface area contributed by atoms with Gasteiger partial charge in [0, 0.05) is 19.1 Å². The van der Waals surface area contributed by atoms with Crippen LogP contribution in [-0.2, 0) is 10.0 Å². The van der Waals surface area contributed by atoms with Crippen molar-refractivity contribution < 1.29 is 12.8 Å². The Morgan fingerprint density at radius 1 is 1.38 bits per heavy atom. The SMILES string of the molecule is Cc1cccc(F)c1S(=O)(=O)N1CCC(N)C(C)(C)C1.Cl. The Bertz CT molecular complexity index is 599. The van der Waals surface area contributed by atoms with E-state index in [1.54, 1.807) is 13.0 Å². The van der Waals surface area contributed by atoms with Crippen molar-refractivity contribution in [1.82, 2.24) is 4.31 Å². The summed E-state index contributed by atoms with van der Waals surface area (Å²) in [6.45, 7) is 6.13. The molecule has 1 fully saturated rings. The van der Waals surface area contributed by atoms with Gasteiger partial charge in [0.05, 0.1) is 0 Å². The molecule has 21 heavy (non-hydrogen) atoms. The number of nitrogens with zero attached hydrogens (tertiary/aromatic N) is 1. The van der Waals surface area contributed by atoms with Crippen LogP contribution in [0.25, 0.3) is 0 Å². The average molecular weight is 337 g/mol. The molecule has 0 aliphatic carbocycles. The lowest BCUT2D eigenvalue weighted by Crippen LogP contribution is -2.54. The Balaban J connectivity index is 0.00000220. The van der Waals surface area contributed by atoms with E-state index in [2.05, 4.69) is 0 Å². The zero-order valence-corrected chi connectivity index (χ0v) is 14.1. The van der Waals surface area contributed by atoms with Crippen LogP contribution in [0, 0.1) is 18.2 Å². The Morgan fingerprint density at radius 2 is 2.00 bits per heavy atom. The highest BCUT2D eigenvalue weighted by Gasteiger charge is 2.40. The standard InChI is InChI=1S/C14H21FN2O2S.ClH/c1-10-5-4-6-11(15)13(10)20(18,19)17-8-7-12(16)14(2,3)9-17;/h4-6,12H,7-9,16H2,1-3H3;1H. The van der Waals surface area contributed by atoms with Crippen molar-refractivity contribution in [3.8, 4) is 0 Å². The van der Waals surface area contributed by atoms with E-state index in [9.17, 15) is 12.8 Å². The molecule has 1 saturated heterocycles. The van der Waals surface area contributed by atoms with Crippen molar-refractivity contribution >= 4 is 22.4 Å². The lowest BCUT2D eigenvalue weighted by Gasteiger charge is -2.41. The summed E-state index contributed by atoms with van der Waals surface area (Å²) in [5.74, 6) is -0.697. The first-order valence-electron chi connectivity index (χ1n) is 6.67. The van der Waals surface area contributed by atoms with Crippen LogP contribution in [0.15, 0.2) is 23.1 Å². The molecule has 1 aliphatic heterocycles. The third-order valence-electron chi connectivity index (χ3n) is 4.04. The number of hydrogen-bond acceptors (Lipinski definition) is 3. The molecule has 1 atom stereocenters. The van der Waals surface area contributed by atoms with Crippen LogP contribution in [0.5, 0.6) is 0 Å². The molecule has 0 amide bonds. The Morgan fingerprint density at radius 3 is 2.52 bits per heavy atom. The Kier molecular flexibility index (Phi) is 5.42. The van der Waals surface area contributed by atoms with Gasteiger partial charge < -0.3 is 5.73 Å². The van der Waals surface area contributed by atoms with Crippen LogP contribution in [0.4, 0.5) is 4.39 Å². The van der Waals surface area contributed by atoms with E-state index in [0.717, 1.165) is 0 Å². The molecule has 1 aliphatic rings. The van der Waals surface area contributed by atoms with Gasteiger partial charge in [0.1, 0.15) is 10.7 Å². The Labute approximate surface area is 132 Å². The summed E-state index contributed by atoms with van der Waals surface area (Å²) in [4.78, 5) is -0.216. The maximum atomic E-state index is 13.9. The number of nitrogens with two attached hydrogens (primary N) is 1. The molecule has 2 rings (SSSR count). The summed E-state index contributed by atoms with van der Waals surface area (Å²) in [6, 6.07) is 4.26. The smallest absolute Gasteiger partial charge is 0.246 e. The summed E-state index contributed by atoms with van der Waals surface area (Å²) < 4.78 is 40.6. The van der Waals surface area contributed by atoms with E-state index in [4.69, 9.17) is 5.73 Å². The summed E-state index contributed by atoms with van der Waals surface area (Å²) in [6.07, 6.45) is 0.583. The molecule has 0 bridgehead atoms. The largest absolute Gasteiger partial charge is 0.327 e. The third-order valence-corrected chi connectivity index (χ3v) is 6.06. The molecule has 2 N–H and O–H groups in total. The van der Waals surface area contributed by atoms with Crippen LogP contribution >= 0.6 is 12.4 Å². The number of rotatable bonds is 2. The zero-order valence-electron chi connectivity index (χ0n) is 12.5. The first-order valence-corrected chi connectivity index (χ1v) is 8.11. The maximum Gasteiger partial charge on any atom is 0.246 e. The fourth-order valence-electron chi connectivity index (χ4n) is 2.60. The van der Waals surface area contributed by atoms with Crippen molar-refractivity contribution in [2.45, 2.75) is 38.1 Å². The molecule has 0 radical (unpaired) electrons. The van der Waals surface area contributed by atoms with Gasteiger partial charge >= 0.3 is 0 Å². The highest BCUT2D eigenvalue weighted by atomic mass is 35.5. The lowest BCUT2D eigenvalue weighted by molar-refractivity contribution is 0.155. The fourth-order valence-corrected chi connectivity index (χ4v) is 4.50. The fraction of sp³-hybridized carbons (Fsp3) is 0.571. The highest BCUT2D eigenvalue weighted by molar-refractivity contribution is 7.89. The average Bonchev–Trinajstić information content (AvgIpc) is 2.32. The predicted octanol–water partition coefficient (Wildman–Crippen LogP) is 2.30. The molecule has 0 spiro atoms. The van der Waals surface area contributed by atoms with Crippen molar-refractivity contribution in [3.63, 3.8) is 0 Å². The number of halogens is 2. The predicted molar refractivity (Wildman–Crippen MR) is 83.5 cm³/mol. The minimum Gasteiger partial charge on any atom is -0.327 e. The first kappa shape index (κ1) is 18.4. The molecule has 0 aromatic heterocycles. The molecule has 1 unspecified atom stereocenters. The van der Waals surface area contributed by atoms with Gasteiger partial charge in [0.2, 0.25) is 10.0 Å². The molecule has 1 aromatic carbocycles. The van der Waals surface area contributed by atoms with Crippen LogP contribution in [0.3, 0.4) is 0 Å². The van der Waals surface area contributed by atoms with E-state index in [0.29, 0.717) is 25.1 Å². The van der Waals surface area contributed by atoms with Crippen molar-refractivity contribution in [3.05, 3.63) is 29.6 Å². The normalized spacial score (nSPS) is 22.6. The van der Waals surface area contributed by atoms with E-state index in [1.165, 1.54) is 16.4 Å². The molecule has 1 heterocycles. The third kappa shape index (κ3) is 3.39. The van der Waals surface area contributed by atoms with Crippen LogP contribution in [0.1, 0.15) is 25.8 Å². The van der Waals surface area contributed by atoms with Crippen molar-refractivity contribution in [1.29, 1.82) is 0 Å². The molecule has 0 saturated carbocycles. The molecule has 7 heteroatoms. The maximum absolute atomic E-state index is 13.9. The zero-order chi connectivity index (χ0) is 15.1. The quantitative estimate of drug-likeness (QED) is 0.901. The second kappa shape index (κ2) is 6.20. The van der Waals surface area contributed by atoms with Gasteiger partial charge in [-0.15, -0.1) is 12.4 Å². The molecular formula is C14H22ClFN2O2S. The second-order valence-electron chi connectivity index (χ2n) is 6.11. The molecular weight excluding hydrogens is 315 g/mol. The van der Waals surface area contributed by atoms with Gasteiger partial charge in [-0.05, 0) is 30.4 Å². The second-order valence-corrected chi connectivity index (χ2v) is 7.98. The van der Waals surface area contributed by atoms with E-state index >= 15 is 0 Å². The van der Waals surface area contributed by atoms with Gasteiger partial charge in [-0.1, -0.05) is 26.0 Å². The lowest BCUT2D eigenvalue weighted by atomic mass is 9.81. The minimum absolute atomic E-state index is 0. The number of benzene rings is 1. The first-order chi connectivity index (χ1) is 9.16. The molecule has 4 nitrogen and oxygen atoms in total. The number of sulfonamides is 1. The highest BCUT2D eigenvalue weighted by Crippen LogP contribution is 2.32. The van der Waals surface area contributed by atoms with Gasteiger partial charge in [-0.3, -0.25) is 0 Å². The molecule has 1 aromatic rings. The van der Waals surface area contributed by atoms with Crippen molar-refractivity contribution in [2.24, 2.45) is 11.1 Å². The number of hydrogen-bond donors (Lipinski definition) is 1. The Hall–Kier alpha value is -0.690. The summed E-state index contributed by atoms with van der Waals surface area (Å²) in [5.41, 5.74) is 6.13. The number of aryl methyl sites for hydroxylation is 1. The van der Waals surface area contributed by atoms with E-state index in [1.807, 2.05) is 13.8 Å².